The number of benzene rings is 1. The van der Waals surface area contributed by atoms with E-state index in [1.807, 2.05) is 0 Å². The van der Waals surface area contributed by atoms with Gasteiger partial charge in [-0.05, 0) is 49.4 Å². The normalized spacial score (nSPS) is 23.9. The molecule has 0 aromatic heterocycles. The van der Waals surface area contributed by atoms with Crippen molar-refractivity contribution in [3.63, 3.8) is 0 Å². The lowest BCUT2D eigenvalue weighted by atomic mass is 9.85. The lowest BCUT2D eigenvalue weighted by molar-refractivity contribution is -0.182. The van der Waals surface area contributed by atoms with Crippen LogP contribution >= 0.6 is 15.9 Å². The Hall–Kier alpha value is -0.620. The second-order valence-electron chi connectivity index (χ2n) is 5.21. The summed E-state index contributed by atoms with van der Waals surface area (Å²) >= 11 is 3.34. The summed E-state index contributed by atoms with van der Waals surface area (Å²) in [5, 5.41) is 3.21. The number of nitrogens with one attached hydrogen (secondary N) is 1. The number of hydrogen-bond donors (Lipinski definition) is 1. The van der Waals surface area contributed by atoms with E-state index >= 15 is 0 Å². The summed E-state index contributed by atoms with van der Waals surface area (Å²) in [5.41, 5.74) is 0.781. The van der Waals surface area contributed by atoms with Gasteiger partial charge in [0.1, 0.15) is 5.82 Å². The molecule has 0 bridgehead atoms. The molecule has 1 saturated carbocycles. The van der Waals surface area contributed by atoms with Crippen LogP contribution in [0.5, 0.6) is 0 Å². The molecule has 0 unspecified atom stereocenters. The van der Waals surface area contributed by atoms with Crippen LogP contribution in [-0.4, -0.2) is 12.2 Å². The van der Waals surface area contributed by atoms with Gasteiger partial charge in [0.05, 0.1) is 5.92 Å². The summed E-state index contributed by atoms with van der Waals surface area (Å²) in [6, 6.07) is 4.50. The van der Waals surface area contributed by atoms with Crippen LogP contribution in [0.15, 0.2) is 22.7 Å². The number of hydrogen-bond acceptors (Lipinski definition) is 1. The molecule has 6 heteroatoms. The summed E-state index contributed by atoms with van der Waals surface area (Å²) in [4.78, 5) is 0. The van der Waals surface area contributed by atoms with Crippen LogP contribution in [0.3, 0.4) is 0 Å². The Balaban J connectivity index is 1.83. The minimum Gasteiger partial charge on any atom is -0.310 e. The van der Waals surface area contributed by atoms with Crippen LogP contribution in [-0.2, 0) is 6.54 Å². The van der Waals surface area contributed by atoms with Crippen LogP contribution in [0.4, 0.5) is 17.6 Å². The molecule has 1 N–H and O–H groups in total. The molecule has 1 aliphatic carbocycles. The first kappa shape index (κ1) is 15.8. The second kappa shape index (κ2) is 6.43. The predicted octanol–water partition coefficient (Wildman–Crippen LogP) is 4.80. The molecular weight excluding hydrogens is 338 g/mol. The minimum absolute atomic E-state index is 0.0729. The number of alkyl halides is 3. The highest BCUT2D eigenvalue weighted by Crippen LogP contribution is 2.37. The van der Waals surface area contributed by atoms with E-state index < -0.39 is 12.1 Å². The summed E-state index contributed by atoms with van der Waals surface area (Å²) in [6.45, 7) is 0.458. The van der Waals surface area contributed by atoms with Crippen molar-refractivity contribution in [3.8, 4) is 0 Å². The molecule has 0 radical (unpaired) electrons. The maximum atomic E-state index is 13.1. The van der Waals surface area contributed by atoms with Gasteiger partial charge >= 0.3 is 6.18 Å². The van der Waals surface area contributed by atoms with Crippen molar-refractivity contribution in [1.29, 1.82) is 0 Å². The fourth-order valence-electron chi connectivity index (χ4n) is 2.56. The number of rotatable bonds is 3. The Morgan fingerprint density at radius 2 is 1.80 bits per heavy atom. The molecule has 0 heterocycles. The van der Waals surface area contributed by atoms with Crippen LogP contribution in [0, 0.1) is 11.7 Å². The Morgan fingerprint density at radius 3 is 2.40 bits per heavy atom. The van der Waals surface area contributed by atoms with E-state index in [1.54, 1.807) is 6.07 Å². The van der Waals surface area contributed by atoms with Crippen molar-refractivity contribution >= 4 is 15.9 Å². The first-order valence-corrected chi connectivity index (χ1v) is 7.39. The van der Waals surface area contributed by atoms with Gasteiger partial charge in [-0.3, -0.25) is 0 Å². The third-order valence-corrected chi connectivity index (χ3v) is 4.55. The smallest absolute Gasteiger partial charge is 0.310 e. The minimum atomic E-state index is -4.07. The van der Waals surface area contributed by atoms with Gasteiger partial charge in [0.25, 0.3) is 0 Å². The SMILES string of the molecule is Fc1ccc(Br)c(CNC2CCC(C(F)(F)F)CC2)c1. The van der Waals surface area contributed by atoms with E-state index in [1.165, 1.54) is 12.1 Å². The molecule has 0 aliphatic heterocycles. The molecule has 1 aliphatic rings. The zero-order chi connectivity index (χ0) is 14.8. The van der Waals surface area contributed by atoms with Gasteiger partial charge in [-0.1, -0.05) is 15.9 Å². The lowest BCUT2D eigenvalue weighted by Crippen LogP contribution is -2.36. The molecule has 20 heavy (non-hydrogen) atoms. The fraction of sp³-hybridized carbons (Fsp3) is 0.571. The van der Waals surface area contributed by atoms with Crippen molar-refractivity contribution in [2.45, 2.75) is 44.4 Å². The highest BCUT2D eigenvalue weighted by Gasteiger charge is 2.41. The fourth-order valence-corrected chi connectivity index (χ4v) is 2.94. The monoisotopic (exact) mass is 353 g/mol. The van der Waals surface area contributed by atoms with Crippen LogP contribution in [0.1, 0.15) is 31.2 Å². The van der Waals surface area contributed by atoms with E-state index in [-0.39, 0.29) is 24.7 Å². The molecule has 0 atom stereocenters. The molecule has 0 spiro atoms. The summed E-state index contributed by atoms with van der Waals surface area (Å²) in [6.07, 6.45) is -2.71. The average molecular weight is 354 g/mol. The topological polar surface area (TPSA) is 12.0 Å². The van der Waals surface area contributed by atoms with E-state index in [0.29, 0.717) is 19.4 Å². The van der Waals surface area contributed by atoms with E-state index in [2.05, 4.69) is 21.2 Å². The Morgan fingerprint density at radius 1 is 1.15 bits per heavy atom. The van der Waals surface area contributed by atoms with Crippen molar-refractivity contribution < 1.29 is 17.6 Å². The lowest BCUT2D eigenvalue weighted by Gasteiger charge is -2.30. The molecule has 112 valence electrons. The molecule has 0 saturated heterocycles. The van der Waals surface area contributed by atoms with Crippen LogP contribution < -0.4 is 5.32 Å². The quantitative estimate of drug-likeness (QED) is 0.769. The molecule has 1 fully saturated rings. The predicted molar refractivity (Wildman–Crippen MR) is 72.7 cm³/mol. The number of halogens is 5. The van der Waals surface area contributed by atoms with E-state index in [9.17, 15) is 17.6 Å². The molecule has 1 aromatic rings. The highest BCUT2D eigenvalue weighted by molar-refractivity contribution is 9.10. The first-order chi connectivity index (χ1) is 9.36. The zero-order valence-electron chi connectivity index (χ0n) is 10.8. The average Bonchev–Trinajstić information content (AvgIpc) is 2.39. The summed E-state index contributed by atoms with van der Waals surface area (Å²) in [7, 11) is 0. The van der Waals surface area contributed by atoms with E-state index in [0.717, 1.165) is 10.0 Å². The first-order valence-electron chi connectivity index (χ1n) is 6.60. The maximum absolute atomic E-state index is 13.1. The molecular formula is C14H16BrF4N. The van der Waals surface area contributed by atoms with Gasteiger partial charge in [0.2, 0.25) is 0 Å². The van der Waals surface area contributed by atoms with Gasteiger partial charge in [-0.25, -0.2) is 4.39 Å². The van der Waals surface area contributed by atoms with Crippen LogP contribution in [0.2, 0.25) is 0 Å². The maximum Gasteiger partial charge on any atom is 0.391 e. The molecule has 0 amide bonds. The molecule has 1 nitrogen and oxygen atoms in total. The van der Waals surface area contributed by atoms with Gasteiger partial charge in [-0.2, -0.15) is 13.2 Å². The largest absolute Gasteiger partial charge is 0.391 e. The summed E-state index contributed by atoms with van der Waals surface area (Å²) < 4.78 is 51.6. The van der Waals surface area contributed by atoms with Gasteiger partial charge < -0.3 is 5.32 Å². The Kier molecular flexibility index (Phi) is 5.07. The van der Waals surface area contributed by atoms with Crippen molar-refractivity contribution in [3.05, 3.63) is 34.1 Å². The van der Waals surface area contributed by atoms with Crippen LogP contribution in [0.25, 0.3) is 0 Å². The zero-order valence-corrected chi connectivity index (χ0v) is 12.4. The highest BCUT2D eigenvalue weighted by atomic mass is 79.9. The third kappa shape index (κ3) is 4.19. The molecule has 1 aromatic carbocycles. The van der Waals surface area contributed by atoms with E-state index in [4.69, 9.17) is 0 Å². The van der Waals surface area contributed by atoms with Crippen molar-refractivity contribution in [2.24, 2.45) is 5.92 Å². The van der Waals surface area contributed by atoms with Gasteiger partial charge in [0, 0.05) is 17.1 Å². The Bertz CT molecular complexity index is 453. The van der Waals surface area contributed by atoms with Crippen molar-refractivity contribution in [2.75, 3.05) is 0 Å². The standard InChI is InChI=1S/C14H16BrF4N/c15-13-6-3-11(16)7-9(13)8-20-12-4-1-10(2-5-12)14(17,18)19/h3,6-7,10,12,20H,1-2,4-5,8H2. The van der Waals surface area contributed by atoms with Gasteiger partial charge in [-0.15, -0.1) is 0 Å². The Labute approximate surface area is 123 Å². The second-order valence-corrected chi connectivity index (χ2v) is 6.06. The summed E-state index contributed by atoms with van der Waals surface area (Å²) in [5.74, 6) is -1.48. The van der Waals surface area contributed by atoms with Crippen molar-refractivity contribution in [1.82, 2.24) is 5.32 Å². The molecule has 2 rings (SSSR count). The van der Waals surface area contributed by atoms with Gasteiger partial charge in [0.15, 0.2) is 0 Å². The third-order valence-electron chi connectivity index (χ3n) is 3.78.